The maximum absolute atomic E-state index is 12.7. The Morgan fingerprint density at radius 3 is 2.48 bits per heavy atom. The van der Waals surface area contributed by atoms with Crippen molar-refractivity contribution in [2.75, 3.05) is 13.1 Å². The minimum atomic E-state index is -3.57. The van der Waals surface area contributed by atoms with Crippen molar-refractivity contribution in [1.29, 1.82) is 0 Å². The molecule has 0 spiro atoms. The summed E-state index contributed by atoms with van der Waals surface area (Å²) in [6.45, 7) is 2.84. The molecule has 8 heteroatoms. The Balaban J connectivity index is 1.79. The number of sulfonamides is 1. The van der Waals surface area contributed by atoms with Crippen LogP contribution in [0.25, 0.3) is 0 Å². The van der Waals surface area contributed by atoms with Crippen LogP contribution < -0.4 is 5.32 Å². The van der Waals surface area contributed by atoms with Gasteiger partial charge in [0, 0.05) is 28.7 Å². The van der Waals surface area contributed by atoms with Gasteiger partial charge in [0.15, 0.2) is 0 Å². The SMILES string of the molecule is CC(NC(=O)c1cccc(S(=O)(=O)N2CCCC2)c1)c1ccc(Cl)cc1Cl. The highest BCUT2D eigenvalue weighted by molar-refractivity contribution is 7.89. The summed E-state index contributed by atoms with van der Waals surface area (Å²) >= 11 is 12.1. The van der Waals surface area contributed by atoms with E-state index in [0.29, 0.717) is 23.1 Å². The van der Waals surface area contributed by atoms with E-state index in [1.54, 1.807) is 37.3 Å². The predicted molar refractivity (Wildman–Crippen MR) is 107 cm³/mol. The molecule has 0 saturated carbocycles. The van der Waals surface area contributed by atoms with Gasteiger partial charge in [-0.25, -0.2) is 8.42 Å². The van der Waals surface area contributed by atoms with Crippen LogP contribution in [0.3, 0.4) is 0 Å². The second kappa shape index (κ2) is 8.19. The van der Waals surface area contributed by atoms with Crippen LogP contribution in [-0.2, 0) is 10.0 Å². The molecule has 1 aliphatic heterocycles. The Morgan fingerprint density at radius 2 is 1.81 bits per heavy atom. The molecule has 1 aliphatic rings. The number of hydrogen-bond donors (Lipinski definition) is 1. The third kappa shape index (κ3) is 4.46. The number of halogens is 2. The summed E-state index contributed by atoms with van der Waals surface area (Å²) in [4.78, 5) is 12.8. The second-order valence-electron chi connectivity index (χ2n) is 6.50. The molecule has 144 valence electrons. The van der Waals surface area contributed by atoms with E-state index in [1.807, 2.05) is 0 Å². The van der Waals surface area contributed by atoms with Crippen LogP contribution in [0.4, 0.5) is 0 Å². The lowest BCUT2D eigenvalue weighted by Gasteiger charge is -2.18. The first-order valence-electron chi connectivity index (χ1n) is 8.65. The highest BCUT2D eigenvalue weighted by atomic mass is 35.5. The van der Waals surface area contributed by atoms with Gasteiger partial charge in [-0.05, 0) is 55.7 Å². The van der Waals surface area contributed by atoms with Gasteiger partial charge >= 0.3 is 0 Å². The molecular weight excluding hydrogens is 407 g/mol. The van der Waals surface area contributed by atoms with E-state index in [2.05, 4.69) is 5.32 Å². The van der Waals surface area contributed by atoms with Crippen LogP contribution in [-0.4, -0.2) is 31.7 Å². The van der Waals surface area contributed by atoms with Crippen LogP contribution in [0.2, 0.25) is 10.0 Å². The fraction of sp³-hybridized carbons (Fsp3) is 0.316. The van der Waals surface area contributed by atoms with Crippen LogP contribution in [0.5, 0.6) is 0 Å². The average Bonchev–Trinajstić information content (AvgIpc) is 3.17. The van der Waals surface area contributed by atoms with Crippen molar-refractivity contribution in [2.24, 2.45) is 0 Å². The largest absolute Gasteiger partial charge is 0.345 e. The summed E-state index contributed by atoms with van der Waals surface area (Å²) < 4.78 is 26.8. The molecule has 0 bridgehead atoms. The number of hydrogen-bond acceptors (Lipinski definition) is 3. The van der Waals surface area contributed by atoms with Gasteiger partial charge in [0.1, 0.15) is 0 Å². The van der Waals surface area contributed by atoms with E-state index in [4.69, 9.17) is 23.2 Å². The number of carbonyl (C=O) groups is 1. The van der Waals surface area contributed by atoms with Gasteiger partial charge in [-0.2, -0.15) is 4.31 Å². The topological polar surface area (TPSA) is 66.5 Å². The molecule has 0 aliphatic carbocycles. The van der Waals surface area contributed by atoms with Crippen molar-refractivity contribution in [2.45, 2.75) is 30.7 Å². The second-order valence-corrected chi connectivity index (χ2v) is 9.28. The van der Waals surface area contributed by atoms with Gasteiger partial charge in [0.2, 0.25) is 10.0 Å². The van der Waals surface area contributed by atoms with Crippen LogP contribution in [0, 0.1) is 0 Å². The van der Waals surface area contributed by atoms with Gasteiger partial charge < -0.3 is 5.32 Å². The van der Waals surface area contributed by atoms with Gasteiger partial charge in [-0.15, -0.1) is 0 Å². The maximum Gasteiger partial charge on any atom is 0.251 e. The number of amides is 1. The smallest absolute Gasteiger partial charge is 0.251 e. The van der Waals surface area contributed by atoms with Crippen molar-refractivity contribution in [3.05, 3.63) is 63.6 Å². The molecule has 0 aromatic heterocycles. The Labute approximate surface area is 169 Å². The highest BCUT2D eigenvalue weighted by Gasteiger charge is 2.27. The molecule has 0 radical (unpaired) electrons. The molecule has 1 amide bonds. The third-order valence-electron chi connectivity index (χ3n) is 4.58. The minimum absolute atomic E-state index is 0.134. The number of nitrogens with one attached hydrogen (secondary N) is 1. The summed E-state index contributed by atoms with van der Waals surface area (Å²) in [5, 5.41) is 3.82. The van der Waals surface area contributed by atoms with Crippen molar-refractivity contribution in [3.63, 3.8) is 0 Å². The van der Waals surface area contributed by atoms with E-state index in [9.17, 15) is 13.2 Å². The van der Waals surface area contributed by atoms with Gasteiger partial charge in [-0.3, -0.25) is 4.79 Å². The quantitative estimate of drug-likeness (QED) is 0.775. The average molecular weight is 427 g/mol. The normalized spacial score (nSPS) is 16.3. The fourth-order valence-corrected chi connectivity index (χ4v) is 5.22. The lowest BCUT2D eigenvalue weighted by molar-refractivity contribution is 0.0939. The third-order valence-corrected chi connectivity index (χ3v) is 7.03. The minimum Gasteiger partial charge on any atom is -0.345 e. The van der Waals surface area contributed by atoms with E-state index in [-0.39, 0.29) is 22.4 Å². The van der Waals surface area contributed by atoms with E-state index < -0.39 is 10.0 Å². The molecule has 1 heterocycles. The maximum atomic E-state index is 12.7. The summed E-state index contributed by atoms with van der Waals surface area (Å²) in [6.07, 6.45) is 1.72. The first-order valence-corrected chi connectivity index (χ1v) is 10.8. The number of rotatable bonds is 5. The Kier molecular flexibility index (Phi) is 6.11. The Bertz CT molecular complexity index is 957. The van der Waals surface area contributed by atoms with E-state index in [0.717, 1.165) is 18.4 Å². The number of carbonyl (C=O) groups excluding carboxylic acids is 1. The zero-order valence-corrected chi connectivity index (χ0v) is 17.1. The molecule has 2 aromatic carbocycles. The molecule has 27 heavy (non-hydrogen) atoms. The first-order chi connectivity index (χ1) is 12.8. The predicted octanol–water partition coefficient (Wildman–Crippen LogP) is 4.27. The first kappa shape index (κ1) is 20.1. The molecule has 1 N–H and O–H groups in total. The molecule has 3 rings (SSSR count). The molecule has 1 unspecified atom stereocenters. The molecule has 5 nitrogen and oxygen atoms in total. The Morgan fingerprint density at radius 1 is 1.11 bits per heavy atom. The standard InChI is InChI=1S/C19H20Cl2N2O3S/c1-13(17-8-7-15(20)12-18(17)21)22-19(24)14-5-4-6-16(11-14)27(25,26)23-9-2-3-10-23/h4-8,11-13H,2-3,9-10H2,1H3,(H,22,24). The lowest BCUT2D eigenvalue weighted by Crippen LogP contribution is -2.29. The van der Waals surface area contributed by atoms with Crippen LogP contribution in [0.15, 0.2) is 47.4 Å². The molecule has 1 atom stereocenters. The van der Waals surface area contributed by atoms with Crippen molar-refractivity contribution in [3.8, 4) is 0 Å². The Hall–Kier alpha value is -1.60. The molecule has 2 aromatic rings. The van der Waals surface area contributed by atoms with Gasteiger partial charge in [0.25, 0.3) is 5.91 Å². The summed E-state index contributed by atoms with van der Waals surface area (Å²) in [5.41, 5.74) is 1.02. The summed E-state index contributed by atoms with van der Waals surface area (Å²) in [5.74, 6) is -0.369. The highest BCUT2D eigenvalue weighted by Crippen LogP contribution is 2.27. The molecule has 1 saturated heterocycles. The number of benzene rings is 2. The molecular formula is C19H20Cl2N2O3S. The van der Waals surface area contributed by atoms with Gasteiger partial charge in [-0.1, -0.05) is 35.3 Å². The molecule has 1 fully saturated rings. The van der Waals surface area contributed by atoms with E-state index >= 15 is 0 Å². The van der Waals surface area contributed by atoms with Gasteiger partial charge in [0.05, 0.1) is 10.9 Å². The number of nitrogens with zero attached hydrogens (tertiary/aromatic N) is 1. The van der Waals surface area contributed by atoms with Crippen molar-refractivity contribution in [1.82, 2.24) is 9.62 Å². The van der Waals surface area contributed by atoms with Crippen molar-refractivity contribution >= 4 is 39.1 Å². The van der Waals surface area contributed by atoms with Crippen LogP contribution in [0.1, 0.15) is 41.7 Å². The fourth-order valence-electron chi connectivity index (χ4n) is 3.09. The van der Waals surface area contributed by atoms with Crippen molar-refractivity contribution < 1.29 is 13.2 Å². The summed E-state index contributed by atoms with van der Waals surface area (Å²) in [6, 6.07) is 10.8. The monoisotopic (exact) mass is 426 g/mol. The zero-order chi connectivity index (χ0) is 19.6. The van der Waals surface area contributed by atoms with E-state index in [1.165, 1.54) is 16.4 Å². The summed E-state index contributed by atoms with van der Waals surface area (Å²) in [7, 11) is -3.57. The lowest BCUT2D eigenvalue weighted by atomic mass is 10.1. The van der Waals surface area contributed by atoms with Crippen LogP contribution >= 0.6 is 23.2 Å². The zero-order valence-electron chi connectivity index (χ0n) is 14.8.